The number of nitrogens with one attached hydrogen (secondary N) is 4. The van der Waals surface area contributed by atoms with Gasteiger partial charge in [0.15, 0.2) is 5.01 Å². The van der Waals surface area contributed by atoms with Gasteiger partial charge in [0.1, 0.15) is 11.0 Å². The number of aromatic nitrogens is 5. The summed E-state index contributed by atoms with van der Waals surface area (Å²) in [5.74, 6) is 0.823. The number of unbranched alkanes of at least 4 members (excludes halogenated alkanes) is 2. The number of hydrogen-bond acceptors (Lipinski definition) is 12. The molecule has 4 aromatic heterocycles. The number of pyridine rings is 1. The van der Waals surface area contributed by atoms with Crippen LogP contribution in [0.1, 0.15) is 101 Å². The molecule has 5 amide bonds. The quantitative estimate of drug-likeness (QED) is 0.0700. The molecule has 1 saturated heterocycles. The lowest BCUT2D eigenvalue weighted by atomic mass is 9.86. The number of anilines is 2. The lowest BCUT2D eigenvalue weighted by Gasteiger charge is -2.27. The molecule has 58 heavy (non-hydrogen) atoms. The minimum absolute atomic E-state index is 0.0462. The summed E-state index contributed by atoms with van der Waals surface area (Å²) in [5.41, 5.74) is 6.00. The summed E-state index contributed by atoms with van der Waals surface area (Å²) in [6, 6.07) is 12.0. The van der Waals surface area contributed by atoms with Gasteiger partial charge in [-0.25, -0.2) is 4.52 Å². The Morgan fingerprint density at radius 2 is 1.79 bits per heavy atom. The van der Waals surface area contributed by atoms with E-state index in [0.29, 0.717) is 18.7 Å². The van der Waals surface area contributed by atoms with Crippen LogP contribution in [0.4, 0.5) is 11.4 Å². The van der Waals surface area contributed by atoms with Crippen LogP contribution in [-0.4, -0.2) is 84.9 Å². The first kappa shape index (κ1) is 38.4. The first-order valence-electron chi connectivity index (χ1n) is 19.6. The Bertz CT molecular complexity index is 2480. The molecule has 15 nitrogen and oxygen atoms in total. The third-order valence-electron chi connectivity index (χ3n) is 11.1. The number of nitrogens with zero attached hydrogens (tertiary/aromatic N) is 6. The summed E-state index contributed by atoms with van der Waals surface area (Å²) in [5, 5.41) is 27.4. The van der Waals surface area contributed by atoms with E-state index in [2.05, 4.69) is 42.5 Å². The molecule has 3 aliphatic rings. The maximum Gasteiger partial charge on any atom is 0.264 e. The van der Waals surface area contributed by atoms with Crippen LogP contribution in [0.25, 0.3) is 27.5 Å². The first-order valence-corrected chi connectivity index (χ1v) is 20.4. The molecule has 8 rings (SSSR count). The van der Waals surface area contributed by atoms with Crippen LogP contribution >= 0.6 is 11.3 Å². The van der Waals surface area contributed by atoms with Crippen molar-refractivity contribution in [3.05, 3.63) is 76.6 Å². The SMILES string of the molecule is C#Cc1cnn2c(-c3cc(NC)c(-c4nnc([C@H]5CC[C@@H](NC(=O)CCCCCNc6cccc7c6C(=O)N(C6CCC(=O)NC6=O)C7=O)CC5)s4)cn3)ccc2c1. The predicted octanol–water partition coefficient (Wildman–Crippen LogP) is 5.15. The molecule has 4 N–H and O–H groups in total. The van der Waals surface area contributed by atoms with Gasteiger partial charge < -0.3 is 16.0 Å². The Morgan fingerprint density at radius 3 is 2.59 bits per heavy atom. The molecular formula is C42H42N10O5S. The van der Waals surface area contributed by atoms with Gasteiger partial charge in [0, 0.05) is 61.5 Å². The summed E-state index contributed by atoms with van der Waals surface area (Å²) in [6.45, 7) is 0.547. The average Bonchev–Trinajstić information content (AvgIpc) is 3.96. The van der Waals surface area contributed by atoms with Gasteiger partial charge >= 0.3 is 0 Å². The molecule has 5 aromatic rings. The molecule has 296 valence electrons. The molecule has 0 radical (unpaired) electrons. The van der Waals surface area contributed by atoms with Crippen molar-refractivity contribution in [1.82, 2.24) is 40.3 Å². The second-order valence-corrected chi connectivity index (χ2v) is 15.8. The van der Waals surface area contributed by atoms with Crippen LogP contribution < -0.4 is 21.3 Å². The normalized spacial score (nSPS) is 19.2. The summed E-state index contributed by atoms with van der Waals surface area (Å²) < 4.78 is 1.82. The Morgan fingerprint density at radius 1 is 0.948 bits per heavy atom. The molecule has 2 fully saturated rings. The standard InChI is InChI=1S/C42H42N10O5S/c1-3-24-20-27-15-16-33(52(27)46-22-24)32-21-31(43-2)29(23-45-32)40-50-49-39(58-40)25-11-13-26(14-12-25)47-35(53)10-5-4-6-19-44-30-9-7-8-28-37(30)42(57)51(41(28)56)34-17-18-36(54)48-38(34)55/h1,7-9,15-16,20-23,25-26,34,44H,4-6,10-14,17-19H2,2H3,(H,43,45)(H,47,53)(H,48,54,55)/t25-,26+,34?. The molecule has 1 aromatic carbocycles. The van der Waals surface area contributed by atoms with E-state index >= 15 is 0 Å². The fourth-order valence-electron chi connectivity index (χ4n) is 8.01. The van der Waals surface area contributed by atoms with Gasteiger partial charge in [0.05, 0.1) is 39.8 Å². The molecule has 0 bridgehead atoms. The van der Waals surface area contributed by atoms with Crippen LogP contribution in [0, 0.1) is 12.3 Å². The van der Waals surface area contributed by atoms with E-state index in [9.17, 15) is 24.0 Å². The number of hydrogen-bond donors (Lipinski definition) is 4. The van der Waals surface area contributed by atoms with Crippen molar-refractivity contribution in [2.24, 2.45) is 0 Å². The monoisotopic (exact) mass is 798 g/mol. The maximum absolute atomic E-state index is 13.3. The van der Waals surface area contributed by atoms with Crippen LogP contribution in [0.15, 0.2) is 54.9 Å². The maximum atomic E-state index is 13.3. The highest BCUT2D eigenvalue weighted by atomic mass is 32.1. The van der Waals surface area contributed by atoms with Crippen molar-refractivity contribution >= 4 is 57.8 Å². The number of rotatable bonds is 13. The largest absolute Gasteiger partial charge is 0.387 e. The van der Waals surface area contributed by atoms with Crippen molar-refractivity contribution in [3.63, 3.8) is 0 Å². The summed E-state index contributed by atoms with van der Waals surface area (Å²) in [7, 11) is 1.87. The Labute approximate surface area is 338 Å². The molecule has 16 heteroatoms. The molecule has 0 spiro atoms. The van der Waals surface area contributed by atoms with Crippen LogP contribution in [-0.2, 0) is 14.4 Å². The molecule has 1 unspecified atom stereocenters. The molecular weight excluding hydrogens is 757 g/mol. The van der Waals surface area contributed by atoms with Crippen LogP contribution in [0.3, 0.4) is 0 Å². The van der Waals surface area contributed by atoms with E-state index in [0.717, 1.165) is 93.6 Å². The number of benzene rings is 1. The van der Waals surface area contributed by atoms with Crippen molar-refractivity contribution in [1.29, 1.82) is 0 Å². The number of terminal acetylenes is 1. The van der Waals surface area contributed by atoms with Gasteiger partial charge in [-0.05, 0) is 81.3 Å². The number of piperidine rings is 1. The van der Waals surface area contributed by atoms with Crippen molar-refractivity contribution in [3.8, 4) is 34.3 Å². The smallest absolute Gasteiger partial charge is 0.264 e. The Kier molecular flexibility index (Phi) is 11.0. The highest BCUT2D eigenvalue weighted by Gasteiger charge is 2.45. The molecule has 6 heterocycles. The highest BCUT2D eigenvalue weighted by molar-refractivity contribution is 7.14. The van der Waals surface area contributed by atoms with Crippen molar-refractivity contribution < 1.29 is 24.0 Å². The van der Waals surface area contributed by atoms with Crippen molar-refractivity contribution in [2.75, 3.05) is 24.2 Å². The van der Waals surface area contributed by atoms with E-state index in [1.165, 1.54) is 0 Å². The topological polar surface area (TPSA) is 193 Å². The van der Waals surface area contributed by atoms with Gasteiger partial charge in [-0.3, -0.25) is 39.2 Å². The lowest BCUT2D eigenvalue weighted by Crippen LogP contribution is -2.54. The Balaban J connectivity index is 0.772. The summed E-state index contributed by atoms with van der Waals surface area (Å²) >= 11 is 1.59. The fourth-order valence-corrected chi connectivity index (χ4v) is 9.05. The van der Waals surface area contributed by atoms with Gasteiger partial charge in [-0.2, -0.15) is 5.10 Å². The zero-order valence-corrected chi connectivity index (χ0v) is 32.7. The average molecular weight is 799 g/mol. The minimum Gasteiger partial charge on any atom is -0.387 e. The van der Waals surface area contributed by atoms with E-state index in [1.54, 1.807) is 35.7 Å². The predicted molar refractivity (Wildman–Crippen MR) is 218 cm³/mol. The second kappa shape index (κ2) is 16.6. The third-order valence-corrected chi connectivity index (χ3v) is 12.2. The van der Waals surface area contributed by atoms with E-state index in [4.69, 9.17) is 11.4 Å². The minimum atomic E-state index is -1.01. The molecule has 2 aliphatic heterocycles. The number of carbonyl (C=O) groups excluding carboxylic acids is 5. The van der Waals surface area contributed by atoms with Gasteiger partial charge in [-0.15, -0.1) is 16.6 Å². The summed E-state index contributed by atoms with van der Waals surface area (Å²) in [4.78, 5) is 69.0. The van der Waals surface area contributed by atoms with Gasteiger partial charge in [0.25, 0.3) is 11.8 Å². The first-order chi connectivity index (χ1) is 28.2. The highest BCUT2D eigenvalue weighted by Crippen LogP contribution is 2.39. The lowest BCUT2D eigenvalue weighted by molar-refractivity contribution is -0.136. The van der Waals surface area contributed by atoms with E-state index < -0.39 is 29.7 Å². The van der Waals surface area contributed by atoms with Crippen LogP contribution in [0.2, 0.25) is 0 Å². The number of carbonyl (C=O) groups is 5. The number of fused-ring (bicyclic) bond motifs is 2. The van der Waals surface area contributed by atoms with Crippen molar-refractivity contribution in [2.45, 2.75) is 82.2 Å². The molecule has 1 atom stereocenters. The summed E-state index contributed by atoms with van der Waals surface area (Å²) in [6.07, 6.45) is 15.5. The molecule has 1 aliphatic carbocycles. The number of amides is 5. The van der Waals surface area contributed by atoms with Gasteiger partial charge in [0.2, 0.25) is 17.7 Å². The molecule has 1 saturated carbocycles. The van der Waals surface area contributed by atoms with E-state index in [-0.39, 0.29) is 41.8 Å². The fraction of sp³-hybridized carbons (Fsp3) is 0.357. The van der Waals surface area contributed by atoms with E-state index in [1.807, 2.05) is 42.0 Å². The zero-order valence-electron chi connectivity index (χ0n) is 31.9. The number of imide groups is 2. The van der Waals surface area contributed by atoms with Crippen LogP contribution in [0.5, 0.6) is 0 Å². The van der Waals surface area contributed by atoms with Gasteiger partial charge in [-0.1, -0.05) is 29.7 Å². The Hall–Kier alpha value is -6.47. The zero-order chi connectivity index (χ0) is 40.3. The third kappa shape index (κ3) is 7.64. The second-order valence-electron chi connectivity index (χ2n) is 14.8.